The molecule has 3 nitrogen and oxygen atoms in total. The summed E-state index contributed by atoms with van der Waals surface area (Å²) < 4.78 is 5.49. The molecule has 0 spiro atoms. The van der Waals surface area contributed by atoms with Gasteiger partial charge in [-0.05, 0) is 27.2 Å². The Morgan fingerprint density at radius 2 is 2.00 bits per heavy atom. The van der Waals surface area contributed by atoms with Crippen molar-refractivity contribution in [3.63, 3.8) is 0 Å². The summed E-state index contributed by atoms with van der Waals surface area (Å²) in [6.45, 7) is 8.43. The summed E-state index contributed by atoms with van der Waals surface area (Å²) in [6, 6.07) is 0. The van der Waals surface area contributed by atoms with E-state index in [0.717, 1.165) is 6.42 Å². The van der Waals surface area contributed by atoms with Crippen molar-refractivity contribution in [3.8, 4) is 0 Å². The van der Waals surface area contributed by atoms with Gasteiger partial charge in [-0.2, -0.15) is 5.06 Å². The van der Waals surface area contributed by atoms with Crippen LogP contribution in [0, 0.1) is 0 Å². The van der Waals surface area contributed by atoms with E-state index in [0.29, 0.717) is 6.61 Å². The Morgan fingerprint density at radius 3 is 2.18 bits per heavy atom. The van der Waals surface area contributed by atoms with Gasteiger partial charge >= 0.3 is 0 Å². The molecule has 0 aromatic rings. The van der Waals surface area contributed by atoms with Crippen LogP contribution in [-0.2, 0) is 4.74 Å². The highest BCUT2D eigenvalue weighted by molar-refractivity contribution is 4.89. The minimum absolute atomic E-state index is 0.245. The third-order valence-electron chi connectivity index (χ3n) is 2.41. The average Bonchev–Trinajstić information content (AvgIpc) is 2.16. The number of ether oxygens (including phenoxy) is 1. The molecule has 0 unspecified atom stereocenters. The Balaban J connectivity index is 2.78. The Bertz CT molecular complexity index is 158. The summed E-state index contributed by atoms with van der Waals surface area (Å²) in [6.07, 6.45) is 0.799. The van der Waals surface area contributed by atoms with Crippen LogP contribution in [-0.4, -0.2) is 28.1 Å². The molecule has 0 aromatic carbocycles. The van der Waals surface area contributed by atoms with Crippen molar-refractivity contribution < 1.29 is 9.94 Å². The molecule has 1 aliphatic rings. The maximum Gasteiger partial charge on any atom is 0.141 e. The zero-order valence-corrected chi connectivity index (χ0v) is 7.72. The van der Waals surface area contributed by atoms with E-state index in [-0.39, 0.29) is 5.54 Å². The summed E-state index contributed by atoms with van der Waals surface area (Å²) in [5.41, 5.74) is -0.728. The van der Waals surface area contributed by atoms with E-state index in [9.17, 15) is 5.21 Å². The van der Waals surface area contributed by atoms with Gasteiger partial charge in [0.1, 0.15) is 5.72 Å². The first kappa shape index (κ1) is 8.97. The number of nitrogens with zero attached hydrogens (tertiary/aromatic N) is 1. The van der Waals surface area contributed by atoms with Crippen molar-refractivity contribution in [1.29, 1.82) is 0 Å². The number of hydrogen-bond donors (Lipinski definition) is 1. The first-order valence-electron chi connectivity index (χ1n) is 4.05. The van der Waals surface area contributed by atoms with Crippen LogP contribution in [0.25, 0.3) is 0 Å². The van der Waals surface area contributed by atoms with Crippen molar-refractivity contribution in [2.45, 2.75) is 45.4 Å². The van der Waals surface area contributed by atoms with Gasteiger partial charge in [0.15, 0.2) is 0 Å². The lowest BCUT2D eigenvalue weighted by Crippen LogP contribution is -2.48. The molecule has 11 heavy (non-hydrogen) atoms. The monoisotopic (exact) mass is 159 g/mol. The summed E-state index contributed by atoms with van der Waals surface area (Å²) in [5.74, 6) is 0. The van der Waals surface area contributed by atoms with Crippen molar-refractivity contribution in [1.82, 2.24) is 5.06 Å². The molecule has 0 radical (unpaired) electrons. The second-order valence-electron chi connectivity index (χ2n) is 3.94. The van der Waals surface area contributed by atoms with E-state index in [2.05, 4.69) is 0 Å². The largest absolute Gasteiger partial charge is 0.357 e. The molecule has 1 fully saturated rings. The molecule has 1 heterocycles. The van der Waals surface area contributed by atoms with Crippen LogP contribution in [0.4, 0.5) is 0 Å². The molecule has 0 amide bonds. The molecule has 66 valence electrons. The fraction of sp³-hybridized carbons (Fsp3) is 1.00. The van der Waals surface area contributed by atoms with Gasteiger partial charge in [-0.15, -0.1) is 0 Å². The zero-order chi connectivity index (χ0) is 8.70. The molecule has 1 N–H and O–H groups in total. The highest BCUT2D eigenvalue weighted by Crippen LogP contribution is 2.34. The SMILES string of the molecule is CC[C@@]1(C)OCC(C)(C)N1O. The van der Waals surface area contributed by atoms with Crippen LogP contribution in [0.3, 0.4) is 0 Å². The van der Waals surface area contributed by atoms with Gasteiger partial charge in [0.05, 0.1) is 12.1 Å². The molecule has 0 aliphatic carbocycles. The van der Waals surface area contributed by atoms with E-state index in [1.165, 1.54) is 5.06 Å². The zero-order valence-electron chi connectivity index (χ0n) is 7.72. The first-order chi connectivity index (χ1) is 4.92. The highest BCUT2D eigenvalue weighted by Gasteiger charge is 2.47. The van der Waals surface area contributed by atoms with Gasteiger partial charge < -0.3 is 9.94 Å². The molecule has 1 aliphatic heterocycles. The van der Waals surface area contributed by atoms with Gasteiger partial charge in [0, 0.05) is 0 Å². The molecule has 1 rings (SSSR count). The summed E-state index contributed by atoms with van der Waals surface area (Å²) in [4.78, 5) is 0. The topological polar surface area (TPSA) is 32.7 Å². The molecule has 1 atom stereocenters. The van der Waals surface area contributed by atoms with E-state index in [1.54, 1.807) is 0 Å². The van der Waals surface area contributed by atoms with Crippen molar-refractivity contribution in [2.75, 3.05) is 6.61 Å². The van der Waals surface area contributed by atoms with Gasteiger partial charge in [-0.1, -0.05) is 6.92 Å². The van der Waals surface area contributed by atoms with Crippen LogP contribution in [0.2, 0.25) is 0 Å². The maximum absolute atomic E-state index is 9.68. The quantitative estimate of drug-likeness (QED) is 0.631. The Morgan fingerprint density at radius 1 is 1.45 bits per heavy atom. The third kappa shape index (κ3) is 1.28. The Hall–Kier alpha value is -0.120. The van der Waals surface area contributed by atoms with Crippen molar-refractivity contribution in [2.24, 2.45) is 0 Å². The fourth-order valence-corrected chi connectivity index (χ4v) is 1.35. The van der Waals surface area contributed by atoms with Gasteiger partial charge in [-0.3, -0.25) is 0 Å². The highest BCUT2D eigenvalue weighted by atomic mass is 16.6. The van der Waals surface area contributed by atoms with E-state index in [1.807, 2.05) is 27.7 Å². The minimum atomic E-state index is -0.483. The van der Waals surface area contributed by atoms with Crippen molar-refractivity contribution in [3.05, 3.63) is 0 Å². The lowest BCUT2D eigenvalue weighted by atomic mass is 10.1. The average molecular weight is 159 g/mol. The molecule has 0 aromatic heterocycles. The second kappa shape index (κ2) is 2.44. The first-order valence-corrected chi connectivity index (χ1v) is 4.05. The maximum atomic E-state index is 9.68. The fourth-order valence-electron chi connectivity index (χ4n) is 1.35. The van der Waals surface area contributed by atoms with Crippen LogP contribution in [0.15, 0.2) is 0 Å². The lowest BCUT2D eigenvalue weighted by Gasteiger charge is -2.33. The molecule has 0 bridgehead atoms. The summed E-state index contributed by atoms with van der Waals surface area (Å²) in [7, 11) is 0. The van der Waals surface area contributed by atoms with Gasteiger partial charge in [0.25, 0.3) is 0 Å². The Kier molecular flexibility index (Phi) is 1.99. The third-order valence-corrected chi connectivity index (χ3v) is 2.41. The lowest BCUT2D eigenvalue weighted by molar-refractivity contribution is -0.242. The summed E-state index contributed by atoms with van der Waals surface area (Å²) in [5, 5.41) is 11.0. The van der Waals surface area contributed by atoms with E-state index < -0.39 is 5.72 Å². The molecular weight excluding hydrogens is 142 g/mol. The molecule has 1 saturated heterocycles. The van der Waals surface area contributed by atoms with Gasteiger partial charge in [-0.25, -0.2) is 0 Å². The summed E-state index contributed by atoms with van der Waals surface area (Å²) >= 11 is 0. The van der Waals surface area contributed by atoms with Crippen LogP contribution < -0.4 is 0 Å². The number of hydrogen-bond acceptors (Lipinski definition) is 3. The van der Waals surface area contributed by atoms with Crippen LogP contribution in [0.1, 0.15) is 34.1 Å². The second-order valence-corrected chi connectivity index (χ2v) is 3.94. The van der Waals surface area contributed by atoms with Crippen LogP contribution >= 0.6 is 0 Å². The van der Waals surface area contributed by atoms with E-state index >= 15 is 0 Å². The van der Waals surface area contributed by atoms with Gasteiger partial charge in [0.2, 0.25) is 0 Å². The smallest absolute Gasteiger partial charge is 0.141 e. The number of rotatable bonds is 1. The van der Waals surface area contributed by atoms with E-state index in [4.69, 9.17) is 4.74 Å². The van der Waals surface area contributed by atoms with Crippen molar-refractivity contribution >= 4 is 0 Å². The molecule has 3 heteroatoms. The minimum Gasteiger partial charge on any atom is -0.357 e. The predicted molar refractivity (Wildman–Crippen MR) is 42.4 cm³/mol. The molecular formula is C8H17NO2. The number of hydroxylamine groups is 2. The molecule has 0 saturated carbocycles. The van der Waals surface area contributed by atoms with Crippen LogP contribution in [0.5, 0.6) is 0 Å². The standard InChI is InChI=1S/C8H17NO2/c1-5-8(4)9(10)7(2,3)6-11-8/h10H,5-6H2,1-4H3/t8-/m1/s1. The normalized spacial score (nSPS) is 37.9. The predicted octanol–water partition coefficient (Wildman–Crippen LogP) is 1.61. The Labute approximate surface area is 67.9 Å².